The highest BCUT2D eigenvalue weighted by Crippen LogP contribution is 2.54. The quantitative estimate of drug-likeness (QED) is 0.0168. The molecule has 60 nitrogen and oxygen atoms in total. The highest BCUT2D eigenvalue weighted by molar-refractivity contribution is 7.48. The fourth-order valence-electron chi connectivity index (χ4n) is 16.1. The van der Waals surface area contributed by atoms with E-state index >= 15 is 0 Å². The Morgan fingerprint density at radius 1 is 0.355 bits per heavy atom. The summed E-state index contributed by atoms with van der Waals surface area (Å²) < 4.78 is 148. The molecule has 9 aromatic heterocycles. The van der Waals surface area contributed by atoms with Gasteiger partial charge in [-0.15, -0.1) is 0 Å². The van der Waals surface area contributed by atoms with E-state index in [1.807, 2.05) is 36.4 Å². The van der Waals surface area contributed by atoms with Crippen molar-refractivity contribution in [1.82, 2.24) is 102 Å². The summed E-state index contributed by atoms with van der Waals surface area (Å²) in [5.74, 6) is 0.109. The van der Waals surface area contributed by atoms with Crippen molar-refractivity contribution in [3.05, 3.63) is 190 Å². The van der Waals surface area contributed by atoms with Gasteiger partial charge >= 0.3 is 40.5 Å². The molecule has 746 valence electrons. The van der Waals surface area contributed by atoms with Crippen LogP contribution in [0.5, 0.6) is 0 Å². The van der Waals surface area contributed by atoms with Crippen molar-refractivity contribution >= 4 is 74.8 Å². The maximum atomic E-state index is 13.6. The predicted octanol–water partition coefficient (Wildman–Crippen LogP) is -4.83. The Morgan fingerprint density at radius 3 is 0.928 bits per heavy atom. The van der Waals surface area contributed by atoms with E-state index in [4.69, 9.17) is 101 Å². The Morgan fingerprint density at radius 2 is 0.616 bits per heavy atom. The number of imidazole rings is 3. The number of benzene rings is 2. The average Bonchev–Trinajstić information content (AvgIpc) is 1.61. The molecule has 2 aromatic carbocycles. The molecule has 15 heterocycles. The summed E-state index contributed by atoms with van der Waals surface area (Å²) in [4.78, 5) is 161. The van der Waals surface area contributed by atoms with Gasteiger partial charge in [0.2, 0.25) is 17.8 Å². The lowest BCUT2D eigenvalue weighted by Crippen LogP contribution is -2.40. The van der Waals surface area contributed by atoms with Crippen LogP contribution >= 0.6 is 23.5 Å². The van der Waals surface area contributed by atoms with Crippen LogP contribution in [0.15, 0.2) is 127 Å². The van der Waals surface area contributed by atoms with Crippen molar-refractivity contribution in [3.8, 4) is 0 Å². The number of methoxy groups -OCH3 is 4. The number of aryl methyl sites for hydroxylation is 3. The number of aliphatic hydroxyl groups is 6. The molecule has 63 heteroatoms. The third-order valence-corrected chi connectivity index (χ3v) is 25.5. The van der Waals surface area contributed by atoms with Gasteiger partial charge in [0.25, 0.3) is 16.7 Å². The first-order valence-electron chi connectivity index (χ1n) is 41.6. The molecule has 0 amide bonds. The molecule has 6 aliphatic heterocycles. The first-order chi connectivity index (χ1) is 66.0. The van der Waals surface area contributed by atoms with Gasteiger partial charge in [0.05, 0.1) is 71.8 Å². The van der Waals surface area contributed by atoms with Crippen molar-refractivity contribution in [1.29, 1.82) is 0 Å². The molecule has 0 bridgehead atoms. The molecule has 9 unspecified atom stereocenters. The lowest BCUT2D eigenvalue weighted by molar-refractivity contribution is -0.0815. The SMILES string of the molecule is CO[C@H]1C(O)[C@@H](COP(=O)(O)OC2[C@@H](CO)O[C@@H](n3cnc4c(=O)[nH]c(C)nc43)[C@H]2OC)O[C@H]1n1cnc(N)nc1=O.CO[C@H]1C(OP(=O)(O)OC[C@H]2O[C@@H](n3cnc4c(=O)[nH]c(C)nc43)[C@@H](OC)C2O)[C@@H](CO)O[C@H]1n1cnc(N)nc1=O.Cc1nc2c(ncn2[C@@H]2O[C@H](COP(=O)(O)OC3[C@@H](CO)O[C@@H](n4cnc(N)nc4=O)[C@H]3OCc3ccccc3)C(O)[C@@H]2OCc2ccccc2)c(=O)[nH]1. The average molecular weight is 2000 g/mol. The van der Waals surface area contributed by atoms with Crippen LogP contribution in [0.2, 0.25) is 0 Å². The number of nitrogens with zero attached hydrogens (tertiary/aromatic N) is 18. The smallest absolute Gasteiger partial charge is 0.394 e. The minimum atomic E-state index is -5.08. The summed E-state index contributed by atoms with van der Waals surface area (Å²) in [6.45, 7) is 0.755. The summed E-state index contributed by atoms with van der Waals surface area (Å²) in [5, 5.41) is 63.0. The van der Waals surface area contributed by atoms with Crippen LogP contribution in [-0.2, 0) is 111 Å². The number of aromatic amines is 3. The number of hydrogen-bond acceptors (Lipinski definition) is 48. The van der Waals surface area contributed by atoms with Gasteiger partial charge in [0, 0.05) is 28.4 Å². The van der Waals surface area contributed by atoms with Crippen LogP contribution in [0.1, 0.15) is 66.0 Å². The lowest BCUT2D eigenvalue weighted by atomic mass is 10.1. The molecule has 27 atom stereocenters. The number of nitrogens with one attached hydrogen (secondary N) is 3. The Bertz CT molecular complexity index is 6640. The number of nitrogens with two attached hydrogens (primary N) is 3. The second-order valence-corrected chi connectivity index (χ2v) is 35.6. The second kappa shape index (κ2) is 42.9. The number of aliphatic hydroxyl groups excluding tert-OH is 6. The zero-order valence-electron chi connectivity index (χ0n) is 73.4. The summed E-state index contributed by atoms with van der Waals surface area (Å²) >= 11 is 0. The van der Waals surface area contributed by atoms with Crippen molar-refractivity contribution in [2.24, 2.45) is 0 Å². The topological polar surface area (TPSA) is 812 Å². The number of nitrogen functional groups attached to an aromatic ring is 3. The minimum Gasteiger partial charge on any atom is -0.394 e. The molecule has 6 fully saturated rings. The Kier molecular flexibility index (Phi) is 31.5. The molecular weight excluding hydrogens is 1910 g/mol. The predicted molar refractivity (Wildman–Crippen MR) is 459 cm³/mol. The highest BCUT2D eigenvalue weighted by Gasteiger charge is 2.57. The number of phosphoric acid groups is 3. The Balaban J connectivity index is 0.000000159. The van der Waals surface area contributed by atoms with Crippen molar-refractivity contribution < 1.29 is 143 Å². The molecular formula is C75H95N24O36P3. The zero-order chi connectivity index (χ0) is 98.7. The van der Waals surface area contributed by atoms with E-state index in [1.54, 1.807) is 45.0 Å². The summed E-state index contributed by atoms with van der Waals surface area (Å²) in [6.07, 6.45) is -22.5. The third-order valence-electron chi connectivity index (χ3n) is 22.5. The van der Waals surface area contributed by atoms with Crippen LogP contribution in [-0.4, -0.2) is 325 Å². The second-order valence-electron chi connectivity index (χ2n) is 31.4. The molecule has 6 aliphatic rings. The number of phosphoric ester groups is 3. The Hall–Kier alpha value is -11.1. The van der Waals surface area contributed by atoms with Crippen molar-refractivity contribution in [2.45, 2.75) is 181 Å². The number of aromatic nitrogens is 21. The lowest BCUT2D eigenvalue weighted by Gasteiger charge is -2.26. The number of ether oxygens (including phenoxy) is 12. The highest BCUT2D eigenvalue weighted by atomic mass is 31.2. The molecule has 17 rings (SSSR count). The van der Waals surface area contributed by atoms with Gasteiger partial charge in [-0.2, -0.15) is 15.0 Å². The largest absolute Gasteiger partial charge is 0.472 e. The van der Waals surface area contributed by atoms with E-state index in [-0.39, 0.29) is 64.6 Å². The summed E-state index contributed by atoms with van der Waals surface area (Å²) in [6, 6.07) is 18.1. The summed E-state index contributed by atoms with van der Waals surface area (Å²) in [7, 11) is -9.82. The van der Waals surface area contributed by atoms with E-state index in [1.165, 1.54) is 61.1 Å². The molecule has 0 radical (unpaired) electrons. The van der Waals surface area contributed by atoms with Crippen molar-refractivity contribution in [2.75, 3.05) is 85.3 Å². The number of hydrogen-bond donors (Lipinski definition) is 15. The monoisotopic (exact) mass is 2000 g/mol. The van der Waals surface area contributed by atoms with Gasteiger partial charge in [-0.3, -0.25) is 68.9 Å². The zero-order valence-corrected chi connectivity index (χ0v) is 76.1. The standard InChI is InChI=1S/C33H37N8O12P.2C21H29N8O12P/c1-18-37-28-23(29(44)38-18)35-16-40(28)30-26(48-13-19-8-4-2-5-9-19)24(43)22(52-30)15-50-54(46,47)53-25-21(12-42)51-31(41-17-36-32(34)39-33(41)45)27(25)49-14-20-10-6-3-7-11-20;1-8-25-16-11(17(32)26-8)23-6-28(16)19-15(37-3)13(9(4-30)39-19)41-42(34,35)38-5-10-12(31)14(36-2)18(40-10)29-7-24-20(22)27-21(29)33;1-8-25-16-11(17(32)26-8)23-6-28(16)18-14(36-2)12(31)10(40-18)5-38-42(34,35)41-13-9(4-30)39-19(15(13)37-3)29-7-24-20(22)27-21(29)33/h2-11,16-17,21-22,24-27,30-31,42-43H,12-15H2,1H3,(H,46,47)(H2,34,39,45)(H,37,38,44);2*6-7,9-10,12-15,18-19,30-31H,4-5H2,1-3H3,(H,34,35)(H2,22,27,33)(H,25,26,32)/t21-,22-,24?,25?,26+,27+,30-,31-;2*9-,10-,12?,13?,14+,15+,18-,19-/m111/s1. The minimum absolute atomic E-state index is 0.0238. The van der Waals surface area contributed by atoms with Gasteiger partial charge in [0.1, 0.15) is 146 Å². The van der Waals surface area contributed by atoms with Crippen LogP contribution in [0, 0.1) is 20.8 Å². The van der Waals surface area contributed by atoms with E-state index in [0.29, 0.717) is 17.5 Å². The maximum Gasteiger partial charge on any atom is 0.472 e. The summed E-state index contributed by atoms with van der Waals surface area (Å²) in [5.41, 5.74) is 14.6. The first kappa shape index (κ1) is 101. The molecule has 11 aromatic rings. The number of anilines is 3. The first-order valence-corrected chi connectivity index (χ1v) is 46.1. The molecule has 18 N–H and O–H groups in total. The molecule has 6 saturated heterocycles. The number of rotatable bonds is 34. The molecule has 138 heavy (non-hydrogen) atoms. The fourth-order valence-corrected chi connectivity index (χ4v) is 19.0. The van der Waals surface area contributed by atoms with Gasteiger partial charge in [-0.25, -0.2) is 72.9 Å². The van der Waals surface area contributed by atoms with E-state index in [9.17, 15) is 87.8 Å². The van der Waals surface area contributed by atoms with Crippen LogP contribution < -0.4 is 50.9 Å². The third kappa shape index (κ3) is 21.9. The van der Waals surface area contributed by atoms with E-state index in [0.717, 1.165) is 43.8 Å². The number of H-pyrrole nitrogens is 3. The molecule has 0 aliphatic carbocycles. The Labute approximate surface area is 773 Å². The van der Waals surface area contributed by atoms with Crippen molar-refractivity contribution in [3.63, 3.8) is 0 Å². The molecule has 0 spiro atoms. The van der Waals surface area contributed by atoms with E-state index < -0.39 is 244 Å². The number of fused-ring (bicyclic) bond motifs is 3. The molecule has 0 saturated carbocycles. The normalized spacial score (nSPS) is 29.4. The maximum absolute atomic E-state index is 13.6. The van der Waals surface area contributed by atoms with Crippen LogP contribution in [0.25, 0.3) is 33.5 Å². The van der Waals surface area contributed by atoms with Gasteiger partial charge in [-0.05, 0) is 31.9 Å². The van der Waals surface area contributed by atoms with Crippen LogP contribution in [0.3, 0.4) is 0 Å². The van der Waals surface area contributed by atoms with Gasteiger partial charge in [-0.1, -0.05) is 60.7 Å². The van der Waals surface area contributed by atoms with Crippen LogP contribution in [0.4, 0.5) is 17.8 Å². The fraction of sp³-hybridized carbons (Fsp3) is 0.520. The van der Waals surface area contributed by atoms with Gasteiger partial charge in [0.15, 0.2) is 70.9 Å². The van der Waals surface area contributed by atoms with Gasteiger partial charge < -0.3 is 134 Å². The van der Waals surface area contributed by atoms with E-state index in [2.05, 4.69) is 74.8 Å².